The first-order valence-electron chi connectivity index (χ1n) is 2.84. The van der Waals surface area contributed by atoms with Gasteiger partial charge in [0.15, 0.2) is 0 Å². The van der Waals surface area contributed by atoms with Crippen LogP contribution < -0.4 is 0 Å². The van der Waals surface area contributed by atoms with E-state index in [2.05, 4.69) is 30.9 Å². The lowest BCUT2D eigenvalue weighted by Crippen LogP contribution is -2.15. The second kappa shape index (κ2) is 2.05. The highest BCUT2D eigenvalue weighted by atomic mass is 15.4. The quantitative estimate of drug-likeness (QED) is 0.507. The summed E-state index contributed by atoms with van der Waals surface area (Å²) in [6.07, 6.45) is 0. The summed E-state index contributed by atoms with van der Waals surface area (Å²) in [5.41, 5.74) is 1.56. The molecule has 0 N–H and O–H groups in total. The first-order valence-corrected chi connectivity index (χ1v) is 2.84. The van der Waals surface area contributed by atoms with E-state index in [1.807, 2.05) is 0 Å². The van der Waals surface area contributed by atoms with Gasteiger partial charge in [-0.2, -0.15) is 10.2 Å². The standard InChI is InChI=1S/C4H4N6/c1-3(7-9-5-1)4-2-6-10-8-4/h1-2H2. The molecule has 0 aromatic heterocycles. The van der Waals surface area contributed by atoms with Gasteiger partial charge in [-0.1, -0.05) is 0 Å². The highest BCUT2D eigenvalue weighted by molar-refractivity contribution is 6.44. The van der Waals surface area contributed by atoms with Gasteiger partial charge in [0.2, 0.25) is 0 Å². The number of hydrogen-bond acceptors (Lipinski definition) is 6. The molecule has 2 aliphatic heterocycles. The molecule has 0 saturated carbocycles. The van der Waals surface area contributed by atoms with Crippen LogP contribution in [0, 0.1) is 0 Å². The Morgan fingerprint density at radius 1 is 0.800 bits per heavy atom. The molecule has 0 aromatic carbocycles. The fourth-order valence-electron chi connectivity index (χ4n) is 0.730. The summed E-state index contributed by atoms with van der Waals surface area (Å²) in [7, 11) is 0. The maximum absolute atomic E-state index is 3.74. The van der Waals surface area contributed by atoms with E-state index in [0.717, 1.165) is 11.4 Å². The molecular weight excluding hydrogens is 132 g/mol. The van der Waals surface area contributed by atoms with Crippen LogP contribution in [0.4, 0.5) is 0 Å². The van der Waals surface area contributed by atoms with E-state index in [-0.39, 0.29) is 0 Å². The van der Waals surface area contributed by atoms with Gasteiger partial charge in [0.1, 0.15) is 24.5 Å². The van der Waals surface area contributed by atoms with Gasteiger partial charge in [-0.3, -0.25) is 0 Å². The summed E-state index contributed by atoms with van der Waals surface area (Å²) in [5.74, 6) is 0. The average molecular weight is 136 g/mol. The molecule has 2 heterocycles. The van der Waals surface area contributed by atoms with E-state index in [9.17, 15) is 0 Å². The Labute approximate surface area is 56.4 Å². The molecule has 6 nitrogen and oxygen atoms in total. The summed E-state index contributed by atoms with van der Waals surface area (Å²) < 4.78 is 0. The first kappa shape index (κ1) is 5.33. The monoisotopic (exact) mass is 136 g/mol. The minimum absolute atomic E-state index is 0.518. The third-order valence-electron chi connectivity index (χ3n) is 1.23. The second-order valence-electron chi connectivity index (χ2n) is 1.87. The molecule has 0 saturated heterocycles. The Bertz CT molecular complexity index is 231. The molecule has 0 spiro atoms. The molecule has 6 heteroatoms. The molecule has 10 heavy (non-hydrogen) atoms. The lowest BCUT2D eigenvalue weighted by atomic mass is 10.2. The van der Waals surface area contributed by atoms with Crippen molar-refractivity contribution in [2.45, 2.75) is 0 Å². The highest BCUT2D eigenvalue weighted by Crippen LogP contribution is 2.02. The van der Waals surface area contributed by atoms with Crippen molar-refractivity contribution in [3.8, 4) is 0 Å². The van der Waals surface area contributed by atoms with E-state index in [0.29, 0.717) is 13.1 Å². The van der Waals surface area contributed by atoms with E-state index < -0.39 is 0 Å². The van der Waals surface area contributed by atoms with Gasteiger partial charge >= 0.3 is 0 Å². The Morgan fingerprint density at radius 2 is 1.30 bits per heavy atom. The minimum Gasteiger partial charge on any atom is -0.162 e. The van der Waals surface area contributed by atoms with Gasteiger partial charge in [0.25, 0.3) is 0 Å². The SMILES string of the molecule is C1N=NN=C1C1=NN=NC1. The van der Waals surface area contributed by atoms with Gasteiger partial charge in [0.05, 0.1) is 0 Å². The van der Waals surface area contributed by atoms with Crippen LogP contribution in [0.3, 0.4) is 0 Å². The zero-order valence-electron chi connectivity index (χ0n) is 5.10. The molecule has 0 aliphatic carbocycles. The van der Waals surface area contributed by atoms with Gasteiger partial charge in [-0.25, -0.2) is 0 Å². The zero-order valence-corrected chi connectivity index (χ0v) is 5.10. The van der Waals surface area contributed by atoms with Crippen LogP contribution in [0.1, 0.15) is 0 Å². The third kappa shape index (κ3) is 0.734. The maximum atomic E-state index is 3.74. The van der Waals surface area contributed by atoms with Crippen LogP contribution in [0.2, 0.25) is 0 Å². The Morgan fingerprint density at radius 3 is 1.60 bits per heavy atom. The molecule has 0 unspecified atom stereocenters. The normalized spacial score (nSPS) is 21.6. The van der Waals surface area contributed by atoms with Gasteiger partial charge in [-0.05, 0) is 10.4 Å². The fourth-order valence-corrected chi connectivity index (χ4v) is 0.730. The van der Waals surface area contributed by atoms with Crippen molar-refractivity contribution < 1.29 is 0 Å². The molecule has 0 aromatic rings. The van der Waals surface area contributed by atoms with Crippen LogP contribution in [-0.4, -0.2) is 24.5 Å². The van der Waals surface area contributed by atoms with Crippen molar-refractivity contribution in [3.63, 3.8) is 0 Å². The molecule has 0 bridgehead atoms. The summed E-state index contributed by atoms with van der Waals surface area (Å²) in [5, 5.41) is 21.7. The molecule has 2 rings (SSSR count). The fraction of sp³-hybridized carbons (Fsp3) is 0.500. The topological polar surface area (TPSA) is 74.2 Å². The highest BCUT2D eigenvalue weighted by Gasteiger charge is 2.14. The van der Waals surface area contributed by atoms with E-state index in [1.54, 1.807) is 0 Å². The lowest BCUT2D eigenvalue weighted by Gasteiger charge is -1.89. The van der Waals surface area contributed by atoms with Crippen molar-refractivity contribution in [1.82, 2.24) is 0 Å². The lowest BCUT2D eigenvalue weighted by molar-refractivity contribution is 1.06. The van der Waals surface area contributed by atoms with Gasteiger partial charge < -0.3 is 0 Å². The van der Waals surface area contributed by atoms with Crippen LogP contribution in [-0.2, 0) is 0 Å². The molecule has 0 radical (unpaired) electrons. The van der Waals surface area contributed by atoms with Gasteiger partial charge in [0, 0.05) is 0 Å². The van der Waals surface area contributed by atoms with Crippen molar-refractivity contribution in [3.05, 3.63) is 0 Å². The van der Waals surface area contributed by atoms with Crippen molar-refractivity contribution in [1.29, 1.82) is 0 Å². The summed E-state index contributed by atoms with van der Waals surface area (Å²) >= 11 is 0. The molecule has 0 amide bonds. The minimum atomic E-state index is 0.518. The Hall–Kier alpha value is -1.46. The van der Waals surface area contributed by atoms with Crippen LogP contribution in [0.5, 0.6) is 0 Å². The second-order valence-corrected chi connectivity index (χ2v) is 1.87. The predicted molar refractivity (Wildman–Crippen MR) is 34.3 cm³/mol. The third-order valence-corrected chi connectivity index (χ3v) is 1.23. The molecule has 0 fully saturated rings. The molecular formula is C4H4N6. The zero-order chi connectivity index (χ0) is 6.81. The van der Waals surface area contributed by atoms with Gasteiger partial charge in [-0.15, -0.1) is 10.2 Å². The average Bonchev–Trinajstić information content (AvgIpc) is 2.59. The van der Waals surface area contributed by atoms with Crippen molar-refractivity contribution in [2.75, 3.05) is 13.1 Å². The Kier molecular flexibility index (Phi) is 1.09. The van der Waals surface area contributed by atoms with E-state index >= 15 is 0 Å². The van der Waals surface area contributed by atoms with E-state index in [1.165, 1.54) is 0 Å². The number of rotatable bonds is 1. The predicted octanol–water partition coefficient (Wildman–Crippen LogP) is 0.630. The summed E-state index contributed by atoms with van der Waals surface area (Å²) in [6, 6.07) is 0. The number of hydrogen-bond donors (Lipinski definition) is 0. The first-order chi connectivity index (χ1) is 4.97. The van der Waals surface area contributed by atoms with Crippen molar-refractivity contribution in [2.24, 2.45) is 30.9 Å². The van der Waals surface area contributed by atoms with Crippen LogP contribution >= 0.6 is 0 Å². The molecule has 0 atom stereocenters. The van der Waals surface area contributed by atoms with Crippen LogP contribution in [0.25, 0.3) is 0 Å². The number of nitrogens with zero attached hydrogens (tertiary/aromatic N) is 6. The maximum Gasteiger partial charge on any atom is 0.114 e. The largest absolute Gasteiger partial charge is 0.162 e. The smallest absolute Gasteiger partial charge is 0.114 e. The van der Waals surface area contributed by atoms with Crippen molar-refractivity contribution >= 4 is 11.4 Å². The summed E-state index contributed by atoms with van der Waals surface area (Å²) in [4.78, 5) is 0. The van der Waals surface area contributed by atoms with E-state index in [4.69, 9.17) is 0 Å². The summed E-state index contributed by atoms with van der Waals surface area (Å²) in [6.45, 7) is 1.04. The molecule has 50 valence electrons. The Balaban J connectivity index is 2.15. The van der Waals surface area contributed by atoms with Crippen LogP contribution in [0.15, 0.2) is 30.9 Å². The molecule has 2 aliphatic rings.